The SMILES string of the molecule is COc1ccc(CN(C)Cn2nc(CCC(N)=O)n(C)c2=S)cc1OC. The first-order chi connectivity index (χ1) is 12.3. The van der Waals surface area contributed by atoms with Crippen LogP contribution in [0.25, 0.3) is 0 Å². The molecule has 0 bridgehead atoms. The Labute approximate surface area is 158 Å². The Balaban J connectivity index is 2.08. The first-order valence-corrected chi connectivity index (χ1v) is 8.57. The number of carbonyl (C=O) groups is 1. The summed E-state index contributed by atoms with van der Waals surface area (Å²) in [4.78, 5) is 13.1. The second kappa shape index (κ2) is 8.81. The summed E-state index contributed by atoms with van der Waals surface area (Å²) >= 11 is 5.43. The van der Waals surface area contributed by atoms with Crippen molar-refractivity contribution in [3.8, 4) is 11.5 Å². The smallest absolute Gasteiger partial charge is 0.217 e. The summed E-state index contributed by atoms with van der Waals surface area (Å²) < 4.78 is 14.8. The molecule has 0 saturated carbocycles. The van der Waals surface area contributed by atoms with Crippen LogP contribution in [0.3, 0.4) is 0 Å². The van der Waals surface area contributed by atoms with Crippen LogP contribution < -0.4 is 15.2 Å². The maximum Gasteiger partial charge on any atom is 0.217 e. The number of nitrogens with two attached hydrogens (primary N) is 1. The Morgan fingerprint density at radius 2 is 2.00 bits per heavy atom. The molecule has 0 fully saturated rings. The van der Waals surface area contributed by atoms with Crippen molar-refractivity contribution in [1.82, 2.24) is 19.2 Å². The average Bonchev–Trinajstić information content (AvgIpc) is 2.87. The number of rotatable bonds is 9. The topological polar surface area (TPSA) is 87.5 Å². The number of carbonyl (C=O) groups excluding carboxylic acids is 1. The fraction of sp³-hybridized carbons (Fsp3) is 0.471. The first kappa shape index (κ1) is 19.9. The summed E-state index contributed by atoms with van der Waals surface area (Å²) in [6, 6.07) is 5.83. The lowest BCUT2D eigenvalue weighted by Gasteiger charge is -2.17. The number of hydrogen-bond acceptors (Lipinski definition) is 6. The second-order valence-corrected chi connectivity index (χ2v) is 6.43. The molecule has 0 spiro atoms. The van der Waals surface area contributed by atoms with E-state index in [-0.39, 0.29) is 12.3 Å². The number of benzene rings is 1. The van der Waals surface area contributed by atoms with E-state index in [1.807, 2.05) is 36.9 Å². The van der Waals surface area contributed by atoms with Gasteiger partial charge in [-0.15, -0.1) is 0 Å². The highest BCUT2D eigenvalue weighted by Crippen LogP contribution is 2.27. The van der Waals surface area contributed by atoms with Gasteiger partial charge in [0.2, 0.25) is 5.91 Å². The number of nitrogens with zero attached hydrogens (tertiary/aromatic N) is 4. The summed E-state index contributed by atoms with van der Waals surface area (Å²) in [5.74, 6) is 1.79. The molecular weight excluding hydrogens is 354 g/mol. The zero-order chi connectivity index (χ0) is 19.3. The van der Waals surface area contributed by atoms with Crippen molar-refractivity contribution in [2.24, 2.45) is 12.8 Å². The molecule has 2 N–H and O–H groups in total. The van der Waals surface area contributed by atoms with Crippen molar-refractivity contribution in [2.45, 2.75) is 26.1 Å². The van der Waals surface area contributed by atoms with E-state index in [2.05, 4.69) is 10.00 Å². The van der Waals surface area contributed by atoms with Crippen LogP contribution in [0.2, 0.25) is 0 Å². The summed E-state index contributed by atoms with van der Waals surface area (Å²) in [5.41, 5.74) is 6.29. The Morgan fingerprint density at radius 3 is 2.62 bits per heavy atom. The number of methoxy groups -OCH3 is 2. The van der Waals surface area contributed by atoms with Gasteiger partial charge in [-0.1, -0.05) is 6.07 Å². The van der Waals surface area contributed by atoms with Gasteiger partial charge in [0, 0.05) is 26.4 Å². The summed E-state index contributed by atoms with van der Waals surface area (Å²) in [6.45, 7) is 1.22. The van der Waals surface area contributed by atoms with Crippen LogP contribution in [0.5, 0.6) is 11.5 Å². The van der Waals surface area contributed by atoms with Gasteiger partial charge in [-0.2, -0.15) is 5.10 Å². The van der Waals surface area contributed by atoms with Crippen LogP contribution >= 0.6 is 12.2 Å². The van der Waals surface area contributed by atoms with Crippen LogP contribution in [-0.2, 0) is 31.5 Å². The summed E-state index contributed by atoms with van der Waals surface area (Å²) in [6.07, 6.45) is 0.725. The molecule has 0 atom stereocenters. The van der Waals surface area contributed by atoms with Gasteiger partial charge in [-0.3, -0.25) is 9.69 Å². The maximum atomic E-state index is 11.0. The summed E-state index contributed by atoms with van der Waals surface area (Å²) in [7, 11) is 7.06. The standard InChI is InChI=1S/C17H25N5O3S/c1-20(10-12-5-6-13(24-3)14(9-12)25-4)11-22-17(26)21(2)16(19-22)8-7-15(18)23/h5-6,9H,7-8,10-11H2,1-4H3,(H2,18,23). The third-order valence-corrected chi connectivity index (χ3v) is 4.49. The Hall–Kier alpha value is -2.39. The third-order valence-electron chi connectivity index (χ3n) is 4.00. The van der Waals surface area contributed by atoms with Crippen molar-refractivity contribution in [3.63, 3.8) is 0 Å². The molecule has 0 saturated heterocycles. The van der Waals surface area contributed by atoms with Crippen LogP contribution in [0.1, 0.15) is 17.8 Å². The van der Waals surface area contributed by atoms with Gasteiger partial charge < -0.3 is 19.8 Å². The molecule has 1 aromatic heterocycles. The van der Waals surface area contributed by atoms with Gasteiger partial charge >= 0.3 is 0 Å². The minimum atomic E-state index is -0.351. The number of primary amides is 1. The molecular formula is C17H25N5O3S. The van der Waals surface area contributed by atoms with Crippen LogP contribution in [-0.4, -0.2) is 46.4 Å². The zero-order valence-electron chi connectivity index (χ0n) is 15.6. The highest BCUT2D eigenvalue weighted by atomic mass is 32.1. The minimum Gasteiger partial charge on any atom is -0.493 e. The lowest BCUT2D eigenvalue weighted by molar-refractivity contribution is -0.118. The molecule has 0 aliphatic carbocycles. The predicted octanol–water partition coefficient (Wildman–Crippen LogP) is 1.48. The molecule has 1 heterocycles. The lowest BCUT2D eigenvalue weighted by atomic mass is 10.2. The molecule has 8 nitrogen and oxygen atoms in total. The van der Waals surface area contributed by atoms with E-state index in [1.165, 1.54) is 0 Å². The number of aromatic nitrogens is 3. The van der Waals surface area contributed by atoms with Crippen molar-refractivity contribution in [2.75, 3.05) is 21.3 Å². The highest BCUT2D eigenvalue weighted by Gasteiger charge is 2.12. The lowest BCUT2D eigenvalue weighted by Crippen LogP contribution is -2.22. The predicted molar refractivity (Wildman–Crippen MR) is 101 cm³/mol. The van der Waals surface area contributed by atoms with Gasteiger partial charge in [-0.25, -0.2) is 4.68 Å². The number of aryl methyl sites for hydroxylation is 1. The maximum absolute atomic E-state index is 11.0. The fourth-order valence-electron chi connectivity index (χ4n) is 2.65. The Morgan fingerprint density at radius 1 is 1.31 bits per heavy atom. The molecule has 9 heteroatoms. The van der Waals surface area contributed by atoms with Crippen molar-refractivity contribution in [1.29, 1.82) is 0 Å². The largest absolute Gasteiger partial charge is 0.493 e. The highest BCUT2D eigenvalue weighted by molar-refractivity contribution is 7.71. The van der Waals surface area contributed by atoms with Gasteiger partial charge in [0.25, 0.3) is 0 Å². The van der Waals surface area contributed by atoms with Gasteiger partial charge in [0.05, 0.1) is 20.9 Å². The van der Waals surface area contributed by atoms with Gasteiger partial charge in [-0.05, 0) is 37.0 Å². The molecule has 1 amide bonds. The van der Waals surface area contributed by atoms with E-state index >= 15 is 0 Å². The quantitative estimate of drug-likeness (QED) is 0.664. The molecule has 1 aromatic carbocycles. The first-order valence-electron chi connectivity index (χ1n) is 8.16. The van der Waals surface area contributed by atoms with E-state index in [0.29, 0.717) is 35.9 Å². The van der Waals surface area contributed by atoms with E-state index in [1.54, 1.807) is 18.9 Å². The number of ether oxygens (including phenoxy) is 2. The van der Waals surface area contributed by atoms with Crippen molar-refractivity contribution in [3.05, 3.63) is 34.4 Å². The van der Waals surface area contributed by atoms with E-state index in [4.69, 9.17) is 27.4 Å². The van der Waals surface area contributed by atoms with Gasteiger partial charge in [0.1, 0.15) is 5.82 Å². The van der Waals surface area contributed by atoms with Crippen molar-refractivity contribution >= 4 is 18.1 Å². The number of amides is 1. The third kappa shape index (κ3) is 4.83. The van der Waals surface area contributed by atoms with E-state index < -0.39 is 0 Å². The number of hydrogen-bond donors (Lipinski definition) is 1. The van der Waals surface area contributed by atoms with Crippen LogP contribution in [0.4, 0.5) is 0 Å². The molecule has 0 unspecified atom stereocenters. The summed E-state index contributed by atoms with van der Waals surface area (Å²) in [5, 5.41) is 4.51. The molecule has 2 aromatic rings. The van der Waals surface area contributed by atoms with Crippen LogP contribution in [0, 0.1) is 4.77 Å². The molecule has 0 aliphatic rings. The Kier molecular flexibility index (Phi) is 6.76. The molecule has 26 heavy (non-hydrogen) atoms. The van der Waals surface area contributed by atoms with E-state index in [0.717, 1.165) is 11.4 Å². The fourth-order valence-corrected chi connectivity index (χ4v) is 2.85. The molecule has 2 rings (SSSR count). The van der Waals surface area contributed by atoms with Crippen molar-refractivity contribution < 1.29 is 14.3 Å². The minimum absolute atomic E-state index is 0.251. The van der Waals surface area contributed by atoms with E-state index in [9.17, 15) is 4.79 Å². The normalized spacial score (nSPS) is 11.0. The van der Waals surface area contributed by atoms with Crippen LogP contribution in [0.15, 0.2) is 18.2 Å². The second-order valence-electron chi connectivity index (χ2n) is 6.07. The Bertz CT molecular complexity index is 830. The molecule has 0 aliphatic heterocycles. The average molecular weight is 379 g/mol. The molecule has 142 valence electrons. The zero-order valence-corrected chi connectivity index (χ0v) is 16.4. The molecule has 0 radical (unpaired) electrons. The monoisotopic (exact) mass is 379 g/mol. The van der Waals surface area contributed by atoms with Gasteiger partial charge in [0.15, 0.2) is 16.3 Å².